The highest BCUT2D eigenvalue weighted by Crippen LogP contribution is 2.25. The fourth-order valence-corrected chi connectivity index (χ4v) is 4.90. The molecule has 1 unspecified atom stereocenters. The number of carbonyl (C=O) groups is 1. The summed E-state index contributed by atoms with van der Waals surface area (Å²) < 4.78 is 1.70. The third-order valence-electron chi connectivity index (χ3n) is 7.29. The van der Waals surface area contributed by atoms with Crippen LogP contribution >= 0.6 is 0 Å². The van der Waals surface area contributed by atoms with Gasteiger partial charge in [0.25, 0.3) is 5.56 Å². The topological polar surface area (TPSA) is 58.4 Å². The van der Waals surface area contributed by atoms with Crippen LogP contribution in [0.25, 0.3) is 16.6 Å². The van der Waals surface area contributed by atoms with E-state index < -0.39 is 0 Å². The lowest BCUT2D eigenvalue weighted by Crippen LogP contribution is -2.40. The average Bonchev–Trinajstić information content (AvgIpc) is 2.89. The van der Waals surface area contributed by atoms with Crippen molar-refractivity contribution >= 4 is 16.8 Å². The number of fused-ring (bicyclic) bond motifs is 1. The highest BCUT2D eigenvalue weighted by molar-refractivity contribution is 5.79. The van der Waals surface area contributed by atoms with Crippen LogP contribution in [0.4, 0.5) is 0 Å². The van der Waals surface area contributed by atoms with E-state index in [9.17, 15) is 9.59 Å². The maximum atomic E-state index is 13.9. The molecule has 0 saturated heterocycles. The smallest absolute Gasteiger partial charge is 0.266 e. The first-order chi connectivity index (χ1) is 18.2. The van der Waals surface area contributed by atoms with Gasteiger partial charge in [-0.15, -0.1) is 0 Å². The standard InChI is InChI=1S/C32H46N4O2/c1-7-8-9-10-11-12-13-14-30(37)35(22-21-34(5)6)26(4)31-33-29-20-17-25(3)23-28(29)32(38)36(31)27-18-15-24(2)16-19-27/h15-20,23,26H,7-14,21-22H2,1-6H3. The number of hydrogen-bond acceptors (Lipinski definition) is 4. The lowest BCUT2D eigenvalue weighted by atomic mass is 10.1. The fraction of sp³-hybridized carbons (Fsp3) is 0.531. The van der Waals surface area contributed by atoms with E-state index in [2.05, 4.69) is 11.8 Å². The molecule has 0 bridgehead atoms. The molecule has 3 rings (SSSR count). The third kappa shape index (κ3) is 7.76. The van der Waals surface area contributed by atoms with E-state index in [4.69, 9.17) is 4.98 Å². The van der Waals surface area contributed by atoms with Crippen LogP contribution in [0.1, 0.15) is 88.2 Å². The van der Waals surface area contributed by atoms with Crippen molar-refractivity contribution in [3.8, 4) is 5.69 Å². The van der Waals surface area contributed by atoms with Crippen molar-refractivity contribution in [3.63, 3.8) is 0 Å². The number of benzene rings is 2. The first-order valence-electron chi connectivity index (χ1n) is 14.3. The van der Waals surface area contributed by atoms with Gasteiger partial charge in [-0.25, -0.2) is 4.98 Å². The number of aromatic nitrogens is 2. The van der Waals surface area contributed by atoms with Gasteiger partial charge in [0.15, 0.2) is 0 Å². The molecule has 1 aromatic heterocycles. The van der Waals surface area contributed by atoms with Crippen LogP contribution in [0.2, 0.25) is 0 Å². The van der Waals surface area contributed by atoms with Crippen molar-refractivity contribution in [1.82, 2.24) is 19.4 Å². The normalized spacial score (nSPS) is 12.3. The minimum absolute atomic E-state index is 0.100. The number of carbonyl (C=O) groups excluding carboxylic acids is 1. The number of unbranched alkanes of at least 4 members (excludes halogenated alkanes) is 6. The first kappa shape index (κ1) is 29.6. The molecule has 1 atom stereocenters. The maximum absolute atomic E-state index is 13.9. The maximum Gasteiger partial charge on any atom is 0.266 e. The Labute approximate surface area is 228 Å². The Kier molecular flexibility index (Phi) is 11.1. The van der Waals surface area contributed by atoms with Crippen LogP contribution < -0.4 is 5.56 Å². The zero-order valence-electron chi connectivity index (χ0n) is 24.3. The Morgan fingerprint density at radius 2 is 1.53 bits per heavy atom. The number of nitrogens with zero attached hydrogens (tertiary/aromatic N) is 4. The van der Waals surface area contributed by atoms with E-state index >= 15 is 0 Å². The predicted octanol–water partition coefficient (Wildman–Crippen LogP) is 6.59. The fourth-order valence-electron chi connectivity index (χ4n) is 4.90. The van der Waals surface area contributed by atoms with Crippen LogP contribution in [0, 0.1) is 13.8 Å². The molecule has 0 aliphatic carbocycles. The van der Waals surface area contributed by atoms with Crippen LogP contribution in [0.3, 0.4) is 0 Å². The van der Waals surface area contributed by atoms with Gasteiger partial charge in [0, 0.05) is 19.5 Å². The zero-order valence-corrected chi connectivity index (χ0v) is 24.3. The van der Waals surface area contributed by atoms with Gasteiger partial charge in [0.2, 0.25) is 5.91 Å². The highest BCUT2D eigenvalue weighted by atomic mass is 16.2. The van der Waals surface area contributed by atoms with Crippen LogP contribution in [-0.2, 0) is 4.79 Å². The molecule has 206 valence electrons. The summed E-state index contributed by atoms with van der Waals surface area (Å²) in [4.78, 5) is 36.5. The average molecular weight is 519 g/mol. The molecule has 0 saturated carbocycles. The van der Waals surface area contributed by atoms with Gasteiger partial charge in [-0.2, -0.15) is 0 Å². The van der Waals surface area contributed by atoms with E-state index in [0.29, 0.717) is 29.7 Å². The SMILES string of the molecule is CCCCCCCCCC(=O)N(CCN(C)C)C(C)c1nc2ccc(C)cc2c(=O)n1-c1ccc(C)cc1. The Bertz CT molecular complexity index is 1250. The molecular formula is C32H46N4O2. The summed E-state index contributed by atoms with van der Waals surface area (Å²) in [5, 5.41) is 0.593. The molecule has 3 aromatic rings. The lowest BCUT2D eigenvalue weighted by Gasteiger charge is -2.31. The van der Waals surface area contributed by atoms with Crippen molar-refractivity contribution < 1.29 is 4.79 Å². The molecule has 0 radical (unpaired) electrons. The number of aryl methyl sites for hydroxylation is 2. The molecule has 0 aliphatic heterocycles. The van der Waals surface area contributed by atoms with E-state index in [0.717, 1.165) is 36.2 Å². The third-order valence-corrected chi connectivity index (χ3v) is 7.29. The van der Waals surface area contributed by atoms with Gasteiger partial charge in [0.1, 0.15) is 5.82 Å². The summed E-state index contributed by atoms with van der Waals surface area (Å²) in [6.45, 7) is 9.57. The monoisotopic (exact) mass is 518 g/mol. The molecule has 6 heteroatoms. The first-order valence-corrected chi connectivity index (χ1v) is 14.3. The summed E-state index contributed by atoms with van der Waals surface area (Å²) in [5.41, 5.74) is 3.48. The number of amides is 1. The minimum atomic E-state index is -0.355. The molecule has 38 heavy (non-hydrogen) atoms. The molecule has 0 N–H and O–H groups in total. The summed E-state index contributed by atoms with van der Waals surface area (Å²) >= 11 is 0. The van der Waals surface area contributed by atoms with Crippen molar-refractivity contribution in [2.75, 3.05) is 27.2 Å². The second kappa shape index (κ2) is 14.2. The van der Waals surface area contributed by atoms with Gasteiger partial charge in [-0.05, 0) is 65.6 Å². The molecule has 2 aromatic carbocycles. The Balaban J connectivity index is 1.96. The molecule has 0 aliphatic rings. The summed E-state index contributed by atoms with van der Waals surface area (Å²) in [5.74, 6) is 0.725. The number of likely N-dealkylation sites (N-methyl/N-ethyl adjacent to an activating group) is 1. The molecule has 0 spiro atoms. The summed E-state index contributed by atoms with van der Waals surface area (Å²) in [6, 6.07) is 13.4. The van der Waals surface area contributed by atoms with Crippen LogP contribution in [-0.4, -0.2) is 52.4 Å². The summed E-state index contributed by atoms with van der Waals surface area (Å²) in [6.07, 6.45) is 8.72. The zero-order chi connectivity index (χ0) is 27.7. The molecule has 1 heterocycles. The molecule has 1 amide bonds. The highest BCUT2D eigenvalue weighted by Gasteiger charge is 2.26. The van der Waals surface area contributed by atoms with E-state index in [1.807, 2.05) is 82.2 Å². The van der Waals surface area contributed by atoms with Crippen LogP contribution in [0.15, 0.2) is 47.3 Å². The summed E-state index contributed by atoms with van der Waals surface area (Å²) in [7, 11) is 4.03. The van der Waals surface area contributed by atoms with Gasteiger partial charge < -0.3 is 9.80 Å². The molecular weight excluding hydrogens is 472 g/mol. The van der Waals surface area contributed by atoms with Crippen LogP contribution in [0.5, 0.6) is 0 Å². The van der Waals surface area contributed by atoms with Crippen molar-refractivity contribution in [3.05, 3.63) is 69.8 Å². The molecule has 0 fully saturated rings. The van der Waals surface area contributed by atoms with E-state index in [-0.39, 0.29) is 17.5 Å². The quantitative estimate of drug-likeness (QED) is 0.226. The lowest BCUT2D eigenvalue weighted by molar-refractivity contribution is -0.133. The van der Waals surface area contributed by atoms with E-state index in [1.165, 1.54) is 32.1 Å². The van der Waals surface area contributed by atoms with Gasteiger partial charge >= 0.3 is 0 Å². The van der Waals surface area contributed by atoms with Crippen molar-refractivity contribution in [2.45, 2.75) is 85.1 Å². The Morgan fingerprint density at radius 3 is 2.18 bits per heavy atom. The molecule has 6 nitrogen and oxygen atoms in total. The largest absolute Gasteiger partial charge is 0.331 e. The minimum Gasteiger partial charge on any atom is -0.331 e. The second-order valence-corrected chi connectivity index (χ2v) is 10.9. The number of hydrogen-bond donors (Lipinski definition) is 0. The second-order valence-electron chi connectivity index (χ2n) is 10.9. The predicted molar refractivity (Wildman–Crippen MR) is 158 cm³/mol. The van der Waals surface area contributed by atoms with Gasteiger partial charge in [-0.3, -0.25) is 14.2 Å². The van der Waals surface area contributed by atoms with Gasteiger partial charge in [-0.1, -0.05) is 74.8 Å². The Morgan fingerprint density at radius 1 is 0.895 bits per heavy atom. The van der Waals surface area contributed by atoms with Gasteiger partial charge in [0.05, 0.1) is 22.6 Å². The van der Waals surface area contributed by atoms with Crippen molar-refractivity contribution in [1.29, 1.82) is 0 Å². The number of rotatable bonds is 14. The van der Waals surface area contributed by atoms with Crippen molar-refractivity contribution in [2.24, 2.45) is 0 Å². The Hall–Kier alpha value is -2.99. The van der Waals surface area contributed by atoms with E-state index in [1.54, 1.807) is 4.57 Å².